The van der Waals surface area contributed by atoms with Gasteiger partial charge in [0, 0.05) is 19.2 Å². The lowest BCUT2D eigenvalue weighted by Gasteiger charge is -2.37. The molecule has 0 radical (unpaired) electrons. The number of ether oxygens (including phenoxy) is 5. The zero-order valence-corrected chi connectivity index (χ0v) is 21.7. The Bertz CT molecular complexity index is 1040. The summed E-state index contributed by atoms with van der Waals surface area (Å²) in [6.45, 7) is 9.75. The Hall–Kier alpha value is -3.82. The summed E-state index contributed by atoms with van der Waals surface area (Å²) in [5.74, 6) is -1.05. The molecule has 2 aromatic rings. The second-order valence-corrected chi connectivity index (χ2v) is 8.90. The molecule has 0 spiro atoms. The van der Waals surface area contributed by atoms with Crippen LogP contribution in [0, 0.1) is 5.92 Å². The molecule has 196 valence electrons. The highest BCUT2D eigenvalue weighted by molar-refractivity contribution is 5.98. The predicted molar refractivity (Wildman–Crippen MR) is 131 cm³/mol. The number of nitrogens with zero attached hydrogens (tertiary/aromatic N) is 1. The van der Waals surface area contributed by atoms with E-state index in [9.17, 15) is 14.4 Å². The normalized spacial score (nSPS) is 12.8. The quantitative estimate of drug-likeness (QED) is 0.343. The fourth-order valence-corrected chi connectivity index (χ4v) is 3.52. The molecule has 1 N–H and O–H groups in total. The minimum Gasteiger partial charge on any atom is -0.493 e. The number of aromatic nitrogens is 1. The maximum atomic E-state index is 12.9. The van der Waals surface area contributed by atoms with Gasteiger partial charge < -0.3 is 29.0 Å². The molecular formula is C26H34N2O8. The summed E-state index contributed by atoms with van der Waals surface area (Å²) in [5.41, 5.74) is -1.15. The molecule has 0 saturated carbocycles. The van der Waals surface area contributed by atoms with Gasteiger partial charge in [-0.2, -0.15) is 0 Å². The van der Waals surface area contributed by atoms with Gasteiger partial charge in [-0.3, -0.25) is 9.59 Å². The Balaban J connectivity index is 2.12. The number of methoxy groups -OCH3 is 1. The first kappa shape index (κ1) is 28.4. The van der Waals surface area contributed by atoms with E-state index < -0.39 is 42.4 Å². The van der Waals surface area contributed by atoms with E-state index in [0.29, 0.717) is 5.75 Å². The number of rotatable bonds is 12. The van der Waals surface area contributed by atoms with Crippen molar-refractivity contribution in [2.24, 2.45) is 5.92 Å². The van der Waals surface area contributed by atoms with Gasteiger partial charge in [0.1, 0.15) is 23.5 Å². The number of amides is 1. The molecule has 36 heavy (non-hydrogen) atoms. The minimum absolute atomic E-state index is 0.0239. The summed E-state index contributed by atoms with van der Waals surface area (Å²) in [4.78, 5) is 41.0. The lowest BCUT2D eigenvalue weighted by molar-refractivity contribution is -0.170. The van der Waals surface area contributed by atoms with Crippen molar-refractivity contribution < 1.29 is 38.1 Å². The number of carbonyl (C=O) groups is 3. The van der Waals surface area contributed by atoms with Gasteiger partial charge in [-0.1, -0.05) is 32.0 Å². The first-order chi connectivity index (χ1) is 17.0. The van der Waals surface area contributed by atoms with Crippen molar-refractivity contribution >= 4 is 17.8 Å². The molecule has 2 rings (SSSR count). The third-order valence-electron chi connectivity index (χ3n) is 5.13. The van der Waals surface area contributed by atoms with Crippen LogP contribution in [-0.4, -0.2) is 54.5 Å². The van der Waals surface area contributed by atoms with Crippen LogP contribution in [0.1, 0.15) is 52.0 Å². The van der Waals surface area contributed by atoms with Crippen LogP contribution in [0.2, 0.25) is 0 Å². The number of pyridine rings is 1. The number of carbonyl (C=O) groups excluding carboxylic acids is 3. The van der Waals surface area contributed by atoms with Crippen LogP contribution in [-0.2, 0) is 19.1 Å². The van der Waals surface area contributed by atoms with E-state index in [0.717, 1.165) is 0 Å². The van der Waals surface area contributed by atoms with Crippen molar-refractivity contribution in [1.82, 2.24) is 10.3 Å². The van der Waals surface area contributed by atoms with E-state index >= 15 is 0 Å². The summed E-state index contributed by atoms with van der Waals surface area (Å²) in [7, 11) is 1.39. The molecule has 0 aliphatic rings. The van der Waals surface area contributed by atoms with Crippen molar-refractivity contribution in [2.45, 2.75) is 59.3 Å². The van der Waals surface area contributed by atoms with Crippen LogP contribution in [0.4, 0.5) is 0 Å². The maximum Gasteiger partial charge on any atom is 0.329 e. The van der Waals surface area contributed by atoms with E-state index in [-0.39, 0.29) is 23.1 Å². The van der Waals surface area contributed by atoms with Crippen LogP contribution in [0.15, 0.2) is 42.6 Å². The maximum absolute atomic E-state index is 12.9. The first-order valence-electron chi connectivity index (χ1n) is 11.5. The van der Waals surface area contributed by atoms with Crippen molar-refractivity contribution in [3.8, 4) is 17.2 Å². The molecule has 0 aliphatic carbocycles. The van der Waals surface area contributed by atoms with Gasteiger partial charge in [0.2, 0.25) is 6.79 Å². The zero-order chi connectivity index (χ0) is 26.9. The zero-order valence-electron chi connectivity index (χ0n) is 21.7. The van der Waals surface area contributed by atoms with Crippen LogP contribution < -0.4 is 19.5 Å². The highest BCUT2D eigenvalue weighted by atomic mass is 16.7. The first-order valence-corrected chi connectivity index (χ1v) is 11.5. The third-order valence-corrected chi connectivity index (χ3v) is 5.13. The molecule has 0 fully saturated rings. The molecule has 0 saturated heterocycles. The van der Waals surface area contributed by atoms with Crippen LogP contribution in [0.3, 0.4) is 0 Å². The van der Waals surface area contributed by atoms with Gasteiger partial charge in [0.15, 0.2) is 17.2 Å². The van der Waals surface area contributed by atoms with Crippen molar-refractivity contribution in [3.63, 3.8) is 0 Å². The molecule has 1 aromatic carbocycles. The number of para-hydroxylation sites is 1. The second kappa shape index (κ2) is 12.8. The topological polar surface area (TPSA) is 122 Å². The molecule has 0 bridgehead atoms. The van der Waals surface area contributed by atoms with Crippen LogP contribution in [0.5, 0.6) is 17.2 Å². The number of hydrogen-bond donors (Lipinski definition) is 1. The fraction of sp³-hybridized carbons (Fsp3) is 0.462. The fourth-order valence-electron chi connectivity index (χ4n) is 3.52. The Kier molecular flexibility index (Phi) is 10.1. The molecule has 0 unspecified atom stereocenters. The van der Waals surface area contributed by atoms with Gasteiger partial charge in [0.25, 0.3) is 5.91 Å². The van der Waals surface area contributed by atoms with E-state index in [4.69, 9.17) is 23.7 Å². The van der Waals surface area contributed by atoms with Crippen molar-refractivity contribution in [3.05, 3.63) is 48.3 Å². The van der Waals surface area contributed by atoms with Crippen LogP contribution in [0.25, 0.3) is 0 Å². The monoisotopic (exact) mass is 502 g/mol. The van der Waals surface area contributed by atoms with E-state index in [2.05, 4.69) is 10.3 Å². The molecule has 2 atom stereocenters. The molecule has 10 heteroatoms. The number of benzene rings is 1. The molecule has 1 aromatic heterocycles. The summed E-state index contributed by atoms with van der Waals surface area (Å²) in [6, 6.07) is 9.74. The highest BCUT2D eigenvalue weighted by Crippen LogP contribution is 2.30. The standard InChI is InChI=1S/C26H34N2O8/c1-16(2)23(35-19-11-9-8-10-12-19)26(5,6)36-25(31)17(3)28-24(30)21-22(34-15-33-18(4)29)20(32-7)13-14-27-21/h8-14,16-17,23H,15H2,1-7H3,(H,28,30)/t17-,23-/m0/s1. The highest BCUT2D eigenvalue weighted by Gasteiger charge is 2.39. The summed E-state index contributed by atoms with van der Waals surface area (Å²) >= 11 is 0. The van der Waals surface area contributed by atoms with E-state index in [1.807, 2.05) is 44.2 Å². The summed E-state index contributed by atoms with van der Waals surface area (Å²) in [6.07, 6.45) is 0.903. The van der Waals surface area contributed by atoms with Crippen molar-refractivity contribution in [2.75, 3.05) is 13.9 Å². The van der Waals surface area contributed by atoms with E-state index in [1.165, 1.54) is 33.2 Å². The summed E-state index contributed by atoms with van der Waals surface area (Å²) in [5, 5.41) is 2.57. The number of esters is 2. The molecule has 1 heterocycles. The van der Waals surface area contributed by atoms with Gasteiger partial charge in [-0.15, -0.1) is 0 Å². The van der Waals surface area contributed by atoms with Gasteiger partial charge in [-0.05, 0) is 38.8 Å². The number of nitrogens with one attached hydrogen (secondary N) is 1. The molecule has 0 aliphatic heterocycles. The minimum atomic E-state index is -1.02. The second-order valence-electron chi connectivity index (χ2n) is 8.90. The SMILES string of the molecule is COc1ccnc(C(=O)N[C@@H](C)C(=O)OC(C)(C)[C@@H](Oc2ccccc2)C(C)C)c1OCOC(C)=O. The molecule has 1 amide bonds. The molecular weight excluding hydrogens is 468 g/mol. The van der Waals surface area contributed by atoms with Gasteiger partial charge in [0.05, 0.1) is 7.11 Å². The van der Waals surface area contributed by atoms with E-state index in [1.54, 1.807) is 13.8 Å². The number of hydrogen-bond acceptors (Lipinski definition) is 9. The largest absolute Gasteiger partial charge is 0.493 e. The average molecular weight is 503 g/mol. The smallest absolute Gasteiger partial charge is 0.329 e. The van der Waals surface area contributed by atoms with Gasteiger partial charge in [-0.25, -0.2) is 9.78 Å². The van der Waals surface area contributed by atoms with Crippen LogP contribution >= 0.6 is 0 Å². The lowest BCUT2D eigenvalue weighted by atomic mass is 9.91. The Morgan fingerprint density at radius 3 is 2.31 bits per heavy atom. The molecule has 10 nitrogen and oxygen atoms in total. The Labute approximate surface area is 211 Å². The van der Waals surface area contributed by atoms with Gasteiger partial charge >= 0.3 is 11.9 Å². The Morgan fingerprint density at radius 2 is 1.72 bits per heavy atom. The third kappa shape index (κ3) is 7.86. The lowest BCUT2D eigenvalue weighted by Crippen LogP contribution is -2.51. The average Bonchev–Trinajstić information content (AvgIpc) is 2.82. The van der Waals surface area contributed by atoms with Crippen molar-refractivity contribution in [1.29, 1.82) is 0 Å². The predicted octanol–water partition coefficient (Wildman–Crippen LogP) is 3.53. The Morgan fingerprint density at radius 1 is 1.06 bits per heavy atom. The summed E-state index contributed by atoms with van der Waals surface area (Å²) < 4.78 is 27.3.